The third kappa shape index (κ3) is 2.54. The molecule has 1 atom stereocenters. The quantitative estimate of drug-likeness (QED) is 0.859. The first-order valence-corrected chi connectivity index (χ1v) is 6.30. The minimum atomic E-state index is -0.689. The average Bonchev–Trinajstić information content (AvgIpc) is 2.80. The Morgan fingerprint density at radius 1 is 1.56 bits per heavy atom. The monoisotopic (exact) mass is 248 g/mol. The van der Waals surface area contributed by atoms with E-state index in [0.29, 0.717) is 13.2 Å². The van der Waals surface area contributed by atoms with Gasteiger partial charge in [0.05, 0.1) is 0 Å². The van der Waals surface area contributed by atoms with Crippen LogP contribution in [-0.2, 0) is 16.1 Å². The van der Waals surface area contributed by atoms with Gasteiger partial charge in [-0.3, -0.25) is 4.79 Å². The van der Waals surface area contributed by atoms with E-state index in [2.05, 4.69) is 5.32 Å². The van der Waals surface area contributed by atoms with Gasteiger partial charge in [0.2, 0.25) is 0 Å². The van der Waals surface area contributed by atoms with E-state index in [9.17, 15) is 4.79 Å². The zero-order chi connectivity index (χ0) is 13.2. The lowest BCUT2D eigenvalue weighted by Crippen LogP contribution is -2.39. The minimum Gasteiger partial charge on any atom is -0.365 e. The van der Waals surface area contributed by atoms with Gasteiger partial charge in [0.15, 0.2) is 0 Å². The van der Waals surface area contributed by atoms with Crippen LogP contribution in [0.5, 0.6) is 0 Å². The van der Waals surface area contributed by atoms with Gasteiger partial charge in [-0.15, -0.1) is 0 Å². The van der Waals surface area contributed by atoms with Gasteiger partial charge in [0.1, 0.15) is 5.60 Å². The van der Waals surface area contributed by atoms with Crippen molar-refractivity contribution >= 4 is 11.6 Å². The Kier molecular flexibility index (Phi) is 3.68. The molecule has 0 spiro atoms. The highest BCUT2D eigenvalue weighted by atomic mass is 16.5. The summed E-state index contributed by atoms with van der Waals surface area (Å²) in [6.45, 7) is 4.94. The van der Waals surface area contributed by atoms with Gasteiger partial charge in [0, 0.05) is 18.8 Å². The number of hydrogen-bond donors (Lipinski definition) is 2. The maximum Gasteiger partial charge on any atom is 0.256 e. The van der Waals surface area contributed by atoms with Crippen LogP contribution in [0, 0.1) is 6.92 Å². The van der Waals surface area contributed by atoms with Crippen LogP contribution in [0.1, 0.15) is 30.9 Å². The van der Waals surface area contributed by atoms with Gasteiger partial charge in [-0.25, -0.2) is 0 Å². The molecule has 1 aromatic carbocycles. The lowest BCUT2D eigenvalue weighted by molar-refractivity contribution is -0.133. The van der Waals surface area contributed by atoms with Crippen LogP contribution in [-0.4, -0.2) is 18.1 Å². The molecule has 18 heavy (non-hydrogen) atoms. The number of nitrogens with one attached hydrogen (secondary N) is 1. The van der Waals surface area contributed by atoms with E-state index < -0.39 is 5.60 Å². The summed E-state index contributed by atoms with van der Waals surface area (Å²) in [5.74, 6) is -0.0720. The lowest BCUT2D eigenvalue weighted by atomic mass is 10.0. The summed E-state index contributed by atoms with van der Waals surface area (Å²) in [6.07, 6.45) is 1.71. The fourth-order valence-corrected chi connectivity index (χ4v) is 2.14. The highest BCUT2D eigenvalue weighted by Crippen LogP contribution is 2.27. The molecule has 1 amide bonds. The Morgan fingerprint density at radius 3 is 2.94 bits per heavy atom. The molecule has 0 radical (unpaired) electrons. The zero-order valence-electron chi connectivity index (χ0n) is 11.0. The lowest BCUT2D eigenvalue weighted by Gasteiger charge is -2.22. The number of nitrogens with two attached hydrogens (primary N) is 1. The van der Waals surface area contributed by atoms with Gasteiger partial charge in [-0.05, 0) is 43.9 Å². The molecule has 0 bridgehead atoms. The fourth-order valence-electron chi connectivity index (χ4n) is 2.14. The van der Waals surface area contributed by atoms with E-state index in [4.69, 9.17) is 10.5 Å². The number of amides is 1. The Hall–Kier alpha value is -1.39. The molecular formula is C14H20N2O2. The molecule has 1 fully saturated rings. The predicted octanol–water partition coefficient (Wildman–Crippen LogP) is 1.96. The molecule has 1 aromatic rings. The molecule has 1 aliphatic heterocycles. The SMILES string of the molecule is Cc1ccc(CN)cc1NC(=O)C1(C)CCCO1. The van der Waals surface area contributed by atoms with E-state index >= 15 is 0 Å². The van der Waals surface area contributed by atoms with E-state index in [1.165, 1.54) is 0 Å². The van der Waals surface area contributed by atoms with E-state index in [0.717, 1.165) is 29.7 Å². The smallest absolute Gasteiger partial charge is 0.256 e. The molecule has 1 heterocycles. The molecule has 2 rings (SSSR count). The third-order valence-corrected chi connectivity index (χ3v) is 3.49. The van der Waals surface area contributed by atoms with Crippen molar-refractivity contribution in [2.75, 3.05) is 11.9 Å². The average molecular weight is 248 g/mol. The number of rotatable bonds is 3. The number of hydrogen-bond acceptors (Lipinski definition) is 3. The Balaban J connectivity index is 2.16. The molecule has 1 aliphatic rings. The normalized spacial score (nSPS) is 23.1. The van der Waals surface area contributed by atoms with Gasteiger partial charge in [-0.2, -0.15) is 0 Å². The summed E-state index contributed by atoms with van der Waals surface area (Å²) in [6, 6.07) is 5.86. The highest BCUT2D eigenvalue weighted by molar-refractivity contribution is 5.97. The molecule has 3 N–H and O–H groups in total. The van der Waals surface area contributed by atoms with Crippen LogP contribution in [0.4, 0.5) is 5.69 Å². The third-order valence-electron chi connectivity index (χ3n) is 3.49. The van der Waals surface area contributed by atoms with Gasteiger partial charge >= 0.3 is 0 Å². The van der Waals surface area contributed by atoms with E-state index in [1.54, 1.807) is 0 Å². The minimum absolute atomic E-state index is 0.0720. The molecule has 1 unspecified atom stereocenters. The van der Waals surface area contributed by atoms with Crippen LogP contribution >= 0.6 is 0 Å². The molecule has 1 saturated heterocycles. The second-order valence-electron chi connectivity index (χ2n) is 4.99. The van der Waals surface area contributed by atoms with Crippen molar-refractivity contribution in [3.8, 4) is 0 Å². The molecule has 0 aliphatic carbocycles. The van der Waals surface area contributed by atoms with Crippen molar-refractivity contribution in [3.05, 3.63) is 29.3 Å². The summed E-state index contributed by atoms with van der Waals surface area (Å²) in [7, 11) is 0. The fraction of sp³-hybridized carbons (Fsp3) is 0.500. The van der Waals surface area contributed by atoms with Crippen LogP contribution < -0.4 is 11.1 Å². The summed E-state index contributed by atoms with van der Waals surface area (Å²) in [5.41, 5.74) is 7.78. The van der Waals surface area contributed by atoms with Gasteiger partial charge in [-0.1, -0.05) is 12.1 Å². The number of ether oxygens (including phenoxy) is 1. The maximum atomic E-state index is 12.2. The van der Waals surface area contributed by atoms with Crippen molar-refractivity contribution in [1.29, 1.82) is 0 Å². The molecule has 0 saturated carbocycles. The summed E-state index contributed by atoms with van der Waals surface area (Å²) < 4.78 is 5.53. The van der Waals surface area contributed by atoms with Crippen molar-refractivity contribution in [1.82, 2.24) is 0 Å². The number of carbonyl (C=O) groups excluding carboxylic acids is 1. The first-order chi connectivity index (χ1) is 8.55. The molecule has 4 nitrogen and oxygen atoms in total. The zero-order valence-corrected chi connectivity index (χ0v) is 11.0. The highest BCUT2D eigenvalue weighted by Gasteiger charge is 2.37. The van der Waals surface area contributed by atoms with Gasteiger partial charge in [0.25, 0.3) is 5.91 Å². The van der Waals surface area contributed by atoms with Crippen LogP contribution in [0.15, 0.2) is 18.2 Å². The standard InChI is InChI=1S/C14H20N2O2/c1-10-4-5-11(9-15)8-12(10)16-13(17)14(2)6-3-7-18-14/h4-5,8H,3,6-7,9,15H2,1-2H3,(H,16,17). The van der Waals surface area contributed by atoms with Crippen molar-refractivity contribution in [2.24, 2.45) is 5.73 Å². The van der Waals surface area contributed by atoms with Crippen molar-refractivity contribution < 1.29 is 9.53 Å². The number of anilines is 1. The van der Waals surface area contributed by atoms with E-state index in [-0.39, 0.29) is 5.91 Å². The van der Waals surface area contributed by atoms with Crippen LogP contribution in [0.25, 0.3) is 0 Å². The molecule has 0 aromatic heterocycles. The van der Waals surface area contributed by atoms with Crippen molar-refractivity contribution in [3.63, 3.8) is 0 Å². The summed E-state index contributed by atoms with van der Waals surface area (Å²) >= 11 is 0. The van der Waals surface area contributed by atoms with Gasteiger partial charge < -0.3 is 15.8 Å². The topological polar surface area (TPSA) is 64.3 Å². The Bertz CT molecular complexity index is 451. The Labute approximate surface area is 108 Å². The molecule has 98 valence electrons. The maximum absolute atomic E-state index is 12.2. The molecular weight excluding hydrogens is 228 g/mol. The largest absolute Gasteiger partial charge is 0.365 e. The van der Waals surface area contributed by atoms with Crippen LogP contribution in [0.2, 0.25) is 0 Å². The molecule has 4 heteroatoms. The van der Waals surface area contributed by atoms with E-state index in [1.807, 2.05) is 32.0 Å². The first-order valence-electron chi connectivity index (χ1n) is 6.30. The van der Waals surface area contributed by atoms with Crippen molar-refractivity contribution in [2.45, 2.75) is 38.8 Å². The second kappa shape index (κ2) is 5.08. The second-order valence-corrected chi connectivity index (χ2v) is 4.99. The summed E-state index contributed by atoms with van der Waals surface area (Å²) in [4.78, 5) is 12.2. The Morgan fingerprint density at radius 2 is 2.33 bits per heavy atom. The van der Waals surface area contributed by atoms with Crippen LogP contribution in [0.3, 0.4) is 0 Å². The first kappa shape index (κ1) is 13.1. The number of aryl methyl sites for hydroxylation is 1. The number of benzene rings is 1. The predicted molar refractivity (Wildman–Crippen MR) is 71.3 cm³/mol. The number of carbonyl (C=O) groups is 1. The summed E-state index contributed by atoms with van der Waals surface area (Å²) in [5, 5.41) is 2.95.